The van der Waals surface area contributed by atoms with Gasteiger partial charge >= 0.3 is 12.0 Å². The van der Waals surface area contributed by atoms with E-state index in [2.05, 4.69) is 5.32 Å². The Hall–Kier alpha value is -3.59. The van der Waals surface area contributed by atoms with Gasteiger partial charge in [-0.15, -0.1) is 0 Å². The number of hydrogen-bond donors (Lipinski definition) is 4. The highest BCUT2D eigenvalue weighted by Crippen LogP contribution is 2.20. The lowest BCUT2D eigenvalue weighted by Gasteiger charge is -2.31. The molecule has 0 aliphatic carbocycles. The number of nitrogens with zero attached hydrogens (tertiary/aromatic N) is 2. The van der Waals surface area contributed by atoms with Crippen LogP contribution < -0.4 is 5.32 Å². The number of nitrogens with one attached hydrogen (secondary N) is 1. The van der Waals surface area contributed by atoms with Gasteiger partial charge in [-0.25, -0.2) is 9.59 Å². The van der Waals surface area contributed by atoms with Gasteiger partial charge in [0, 0.05) is 19.2 Å². The summed E-state index contributed by atoms with van der Waals surface area (Å²) >= 11 is 0. The molecule has 2 unspecified atom stereocenters. The third kappa shape index (κ3) is 6.23. The molecule has 9 heteroatoms. The summed E-state index contributed by atoms with van der Waals surface area (Å²) in [5, 5.41) is 32.7. The zero-order valence-electron chi connectivity index (χ0n) is 18.4. The molecule has 0 saturated carbocycles. The van der Waals surface area contributed by atoms with Crippen molar-refractivity contribution >= 4 is 17.9 Å². The molecule has 1 fully saturated rings. The second-order valence-corrected chi connectivity index (χ2v) is 8.24. The average Bonchev–Trinajstić information content (AvgIpc) is 3.30. The molecule has 3 rings (SSSR count). The number of hydrogen-bond acceptors (Lipinski definition) is 5. The summed E-state index contributed by atoms with van der Waals surface area (Å²) < 4.78 is 0. The number of urea groups is 1. The highest BCUT2D eigenvalue weighted by Gasteiger charge is 2.36. The van der Waals surface area contributed by atoms with E-state index in [1.807, 2.05) is 0 Å². The molecular weight excluding hydrogens is 426 g/mol. The number of carbonyl (C=O) groups is 3. The predicted molar refractivity (Wildman–Crippen MR) is 121 cm³/mol. The maximum atomic E-state index is 12.8. The van der Waals surface area contributed by atoms with E-state index in [1.165, 1.54) is 29.0 Å². The number of aliphatic hydroxyl groups excluding tert-OH is 1. The normalized spacial score (nSPS) is 17.3. The highest BCUT2D eigenvalue weighted by atomic mass is 16.4. The fourth-order valence-corrected chi connectivity index (χ4v) is 3.97. The van der Waals surface area contributed by atoms with Crippen molar-refractivity contribution in [2.75, 3.05) is 20.1 Å². The van der Waals surface area contributed by atoms with Crippen molar-refractivity contribution in [2.24, 2.45) is 0 Å². The lowest BCUT2D eigenvalue weighted by atomic mass is 10.00. The fourth-order valence-electron chi connectivity index (χ4n) is 3.97. The third-order valence-corrected chi connectivity index (χ3v) is 5.78. The van der Waals surface area contributed by atoms with Gasteiger partial charge in [0.15, 0.2) is 0 Å². The highest BCUT2D eigenvalue weighted by molar-refractivity contribution is 5.94. The molecule has 0 spiro atoms. The number of amides is 3. The first-order valence-electron chi connectivity index (χ1n) is 10.8. The number of likely N-dealkylation sites (tertiary alicyclic amines) is 1. The minimum atomic E-state index is -1.12. The molecule has 0 radical (unpaired) electrons. The molecule has 3 atom stereocenters. The maximum absolute atomic E-state index is 12.8. The number of aliphatic hydroxyl groups is 1. The first kappa shape index (κ1) is 24.1. The molecule has 3 amide bonds. The monoisotopic (exact) mass is 455 g/mol. The summed E-state index contributed by atoms with van der Waals surface area (Å²) in [6, 6.07) is 12.9. The number of phenols is 1. The largest absolute Gasteiger partial charge is 0.508 e. The topological polar surface area (TPSA) is 130 Å². The molecule has 33 heavy (non-hydrogen) atoms. The average molecular weight is 456 g/mol. The van der Waals surface area contributed by atoms with Gasteiger partial charge in [-0.2, -0.15) is 0 Å². The zero-order chi connectivity index (χ0) is 24.0. The van der Waals surface area contributed by atoms with Crippen molar-refractivity contribution in [2.45, 2.75) is 37.5 Å². The molecule has 0 bridgehead atoms. The Morgan fingerprint density at radius 3 is 2.42 bits per heavy atom. The van der Waals surface area contributed by atoms with Crippen LogP contribution in [0, 0.1) is 0 Å². The minimum Gasteiger partial charge on any atom is -0.508 e. The van der Waals surface area contributed by atoms with Crippen LogP contribution in [0.2, 0.25) is 0 Å². The Morgan fingerprint density at radius 1 is 1.12 bits per heavy atom. The zero-order valence-corrected chi connectivity index (χ0v) is 18.4. The summed E-state index contributed by atoms with van der Waals surface area (Å²) in [5.41, 5.74) is 1.22. The summed E-state index contributed by atoms with van der Waals surface area (Å²) in [4.78, 5) is 39.6. The van der Waals surface area contributed by atoms with Crippen molar-refractivity contribution < 1.29 is 29.7 Å². The van der Waals surface area contributed by atoms with Gasteiger partial charge in [0.05, 0.1) is 18.7 Å². The molecule has 1 aliphatic rings. The molecule has 1 aliphatic heterocycles. The molecule has 4 N–H and O–H groups in total. The maximum Gasteiger partial charge on any atom is 0.326 e. The van der Waals surface area contributed by atoms with E-state index in [1.54, 1.807) is 42.5 Å². The van der Waals surface area contributed by atoms with Crippen LogP contribution in [0.1, 0.15) is 28.8 Å². The van der Waals surface area contributed by atoms with E-state index in [0.29, 0.717) is 24.9 Å². The first-order valence-corrected chi connectivity index (χ1v) is 10.8. The van der Waals surface area contributed by atoms with Crippen LogP contribution in [0.15, 0.2) is 54.6 Å². The lowest BCUT2D eigenvalue weighted by molar-refractivity contribution is -0.141. The SMILES string of the molecule is CN(CC(O)C(Cc1ccc(O)cc1)NC(=O)c1ccccc1)C(=O)N1CCC[C@H]1C(=O)O. The van der Waals surface area contributed by atoms with Crippen molar-refractivity contribution in [3.05, 3.63) is 65.7 Å². The number of carboxylic acids is 1. The molecule has 0 aromatic heterocycles. The number of aliphatic carboxylic acids is 1. The van der Waals surface area contributed by atoms with Gasteiger partial charge in [0.25, 0.3) is 5.91 Å². The van der Waals surface area contributed by atoms with Crippen LogP contribution in [-0.4, -0.2) is 81.4 Å². The summed E-state index contributed by atoms with van der Waals surface area (Å²) in [6.45, 7) is 0.247. The minimum absolute atomic E-state index is 0.0977. The third-order valence-electron chi connectivity index (χ3n) is 5.78. The Kier molecular flexibility index (Phi) is 7.89. The van der Waals surface area contributed by atoms with Gasteiger partial charge in [0.1, 0.15) is 11.8 Å². The van der Waals surface area contributed by atoms with Crippen LogP contribution in [0.25, 0.3) is 0 Å². The van der Waals surface area contributed by atoms with Gasteiger partial charge in [-0.3, -0.25) is 4.79 Å². The summed E-state index contributed by atoms with van der Waals surface area (Å²) in [7, 11) is 1.50. The predicted octanol–water partition coefficient (Wildman–Crippen LogP) is 1.69. The van der Waals surface area contributed by atoms with Crippen LogP contribution in [0.4, 0.5) is 4.79 Å². The van der Waals surface area contributed by atoms with E-state index in [-0.39, 0.29) is 24.6 Å². The molecule has 1 saturated heterocycles. The second-order valence-electron chi connectivity index (χ2n) is 8.24. The summed E-state index contributed by atoms with van der Waals surface area (Å²) in [5.74, 6) is -1.30. The van der Waals surface area contributed by atoms with E-state index < -0.39 is 30.2 Å². The quantitative estimate of drug-likeness (QED) is 0.479. The number of carboxylic acid groups (broad SMARTS) is 1. The standard InChI is InChI=1S/C24H29N3O6/c1-26(24(33)27-13-5-8-20(27)23(31)32)15-21(29)19(14-16-9-11-18(28)12-10-16)25-22(30)17-6-3-2-4-7-17/h2-4,6-7,9-12,19-21,28-29H,5,8,13-15H2,1H3,(H,25,30)(H,31,32)/t19?,20-,21?/m0/s1. The second kappa shape index (κ2) is 10.8. The van der Waals surface area contributed by atoms with Crippen LogP contribution in [-0.2, 0) is 11.2 Å². The van der Waals surface area contributed by atoms with Crippen LogP contribution in [0.3, 0.4) is 0 Å². The van der Waals surface area contributed by atoms with Gasteiger partial charge < -0.3 is 30.4 Å². The molecule has 2 aromatic rings. The number of carbonyl (C=O) groups excluding carboxylic acids is 2. The number of aromatic hydroxyl groups is 1. The van der Waals surface area contributed by atoms with Gasteiger partial charge in [-0.1, -0.05) is 30.3 Å². The molecule has 2 aromatic carbocycles. The van der Waals surface area contributed by atoms with E-state index in [9.17, 15) is 29.7 Å². The number of likely N-dealkylation sites (N-methyl/N-ethyl adjacent to an activating group) is 1. The Balaban J connectivity index is 1.72. The van der Waals surface area contributed by atoms with Gasteiger partial charge in [0.2, 0.25) is 0 Å². The van der Waals surface area contributed by atoms with Crippen molar-refractivity contribution in [3.8, 4) is 5.75 Å². The van der Waals surface area contributed by atoms with Crippen molar-refractivity contribution in [3.63, 3.8) is 0 Å². The van der Waals surface area contributed by atoms with Crippen molar-refractivity contribution in [1.82, 2.24) is 15.1 Å². The van der Waals surface area contributed by atoms with E-state index >= 15 is 0 Å². The Bertz CT molecular complexity index is 966. The number of phenolic OH excluding ortho intramolecular Hbond substituents is 1. The van der Waals surface area contributed by atoms with E-state index in [4.69, 9.17) is 0 Å². The van der Waals surface area contributed by atoms with Crippen molar-refractivity contribution in [1.29, 1.82) is 0 Å². The number of benzene rings is 2. The molecule has 9 nitrogen and oxygen atoms in total. The Labute approximate surface area is 192 Å². The van der Waals surface area contributed by atoms with Gasteiger partial charge in [-0.05, 0) is 49.1 Å². The molecule has 176 valence electrons. The van der Waals surface area contributed by atoms with Crippen LogP contribution in [0.5, 0.6) is 5.75 Å². The first-order chi connectivity index (χ1) is 15.8. The fraction of sp³-hybridized carbons (Fsp3) is 0.375. The molecular formula is C24H29N3O6. The Morgan fingerprint density at radius 2 is 1.79 bits per heavy atom. The smallest absolute Gasteiger partial charge is 0.326 e. The van der Waals surface area contributed by atoms with E-state index in [0.717, 1.165) is 5.56 Å². The number of rotatable bonds is 8. The van der Waals surface area contributed by atoms with Crippen LogP contribution >= 0.6 is 0 Å². The summed E-state index contributed by atoms with van der Waals surface area (Å²) in [6.07, 6.45) is 0.152. The lowest BCUT2D eigenvalue weighted by Crippen LogP contribution is -2.53. The molecule has 1 heterocycles.